The maximum atomic E-state index is 11.9. The van der Waals surface area contributed by atoms with Gasteiger partial charge in [-0.05, 0) is 40.0 Å². The van der Waals surface area contributed by atoms with Crippen molar-refractivity contribution >= 4 is 12.1 Å². The van der Waals surface area contributed by atoms with Crippen molar-refractivity contribution in [2.45, 2.75) is 51.2 Å². The monoisotopic (exact) mass is 258 g/mol. The lowest BCUT2D eigenvalue weighted by molar-refractivity contribution is -0.143. The van der Waals surface area contributed by atoms with Crippen LogP contribution in [0.25, 0.3) is 0 Å². The summed E-state index contributed by atoms with van der Waals surface area (Å²) in [5, 5.41) is 9.07. The molecule has 0 saturated carbocycles. The molecule has 0 aromatic rings. The number of nitrogens with two attached hydrogens (primary N) is 1. The van der Waals surface area contributed by atoms with Crippen LogP contribution in [0.2, 0.25) is 0 Å². The number of carbonyl (C=O) groups excluding carboxylic acids is 1. The molecule has 0 bridgehead atoms. The van der Waals surface area contributed by atoms with Gasteiger partial charge in [0.2, 0.25) is 0 Å². The highest BCUT2D eigenvalue weighted by Gasteiger charge is 2.37. The van der Waals surface area contributed by atoms with Crippen LogP contribution in [0.15, 0.2) is 0 Å². The second-order valence-electron chi connectivity index (χ2n) is 5.78. The summed E-state index contributed by atoms with van der Waals surface area (Å²) in [6, 6.07) is 0. The summed E-state index contributed by atoms with van der Waals surface area (Å²) < 4.78 is 5.26. The van der Waals surface area contributed by atoms with E-state index >= 15 is 0 Å². The molecule has 0 aliphatic carbocycles. The summed E-state index contributed by atoms with van der Waals surface area (Å²) in [6.45, 7) is 6.20. The van der Waals surface area contributed by atoms with Crippen LogP contribution in [-0.4, -0.2) is 46.3 Å². The normalized spacial score (nSPS) is 25.4. The summed E-state index contributed by atoms with van der Waals surface area (Å²) in [5.74, 6) is -1.01. The predicted octanol–water partition coefficient (Wildman–Crippen LogP) is 1.19. The zero-order valence-electron chi connectivity index (χ0n) is 11.2. The Kier molecular flexibility index (Phi) is 4.21. The first-order chi connectivity index (χ1) is 8.14. The second-order valence-corrected chi connectivity index (χ2v) is 5.78. The molecule has 1 amide bonds. The van der Waals surface area contributed by atoms with Gasteiger partial charge in [0.1, 0.15) is 11.1 Å². The molecule has 1 aliphatic rings. The van der Waals surface area contributed by atoms with Gasteiger partial charge >= 0.3 is 12.1 Å². The number of ether oxygens (including phenoxy) is 1. The van der Waals surface area contributed by atoms with E-state index in [0.717, 1.165) is 0 Å². The molecule has 6 nitrogen and oxygen atoms in total. The zero-order chi connectivity index (χ0) is 14.0. The van der Waals surface area contributed by atoms with Crippen molar-refractivity contribution in [2.24, 2.45) is 5.73 Å². The highest BCUT2D eigenvalue weighted by molar-refractivity contribution is 5.78. The van der Waals surface area contributed by atoms with Crippen LogP contribution < -0.4 is 5.73 Å². The number of hydrogen-bond acceptors (Lipinski definition) is 4. The molecule has 1 saturated heterocycles. The Bertz CT molecular complexity index is 337. The van der Waals surface area contributed by atoms with Gasteiger partial charge in [0, 0.05) is 13.1 Å². The van der Waals surface area contributed by atoms with Crippen molar-refractivity contribution in [3.63, 3.8) is 0 Å². The Morgan fingerprint density at radius 2 is 1.89 bits per heavy atom. The van der Waals surface area contributed by atoms with Gasteiger partial charge in [0.15, 0.2) is 0 Å². The fourth-order valence-electron chi connectivity index (χ4n) is 1.88. The Hall–Kier alpha value is -1.30. The van der Waals surface area contributed by atoms with Gasteiger partial charge in [-0.2, -0.15) is 0 Å². The lowest BCUT2D eigenvalue weighted by Gasteiger charge is -2.27. The minimum Gasteiger partial charge on any atom is -0.480 e. The quantitative estimate of drug-likeness (QED) is 0.737. The number of carbonyl (C=O) groups is 2. The molecular formula is C12H22N2O4. The van der Waals surface area contributed by atoms with Gasteiger partial charge in [-0.15, -0.1) is 0 Å². The Morgan fingerprint density at radius 1 is 1.28 bits per heavy atom. The van der Waals surface area contributed by atoms with Gasteiger partial charge < -0.3 is 20.5 Å². The van der Waals surface area contributed by atoms with E-state index in [0.29, 0.717) is 25.9 Å². The molecule has 6 heteroatoms. The fourth-order valence-corrected chi connectivity index (χ4v) is 1.88. The second kappa shape index (κ2) is 5.14. The average molecular weight is 258 g/mol. The number of carboxylic acids is 1. The first kappa shape index (κ1) is 14.8. The summed E-state index contributed by atoms with van der Waals surface area (Å²) in [5.41, 5.74) is 4.04. The van der Waals surface area contributed by atoms with Gasteiger partial charge in [0.05, 0.1) is 0 Å². The van der Waals surface area contributed by atoms with E-state index in [1.165, 1.54) is 4.90 Å². The Labute approximate surface area is 107 Å². The average Bonchev–Trinajstić information content (AvgIpc) is 2.38. The lowest BCUT2D eigenvalue weighted by atomic mass is 9.92. The van der Waals surface area contributed by atoms with Gasteiger partial charge in [-0.3, -0.25) is 4.79 Å². The Balaban J connectivity index is 2.62. The molecule has 0 radical (unpaired) electrons. The van der Waals surface area contributed by atoms with E-state index in [9.17, 15) is 9.59 Å². The summed E-state index contributed by atoms with van der Waals surface area (Å²) in [6.07, 6.45) is 0.794. The molecule has 18 heavy (non-hydrogen) atoms. The first-order valence-electron chi connectivity index (χ1n) is 6.14. The SMILES string of the molecule is CC(C)(C)OC(=O)N1CCCC(N)(C(=O)O)CC1. The molecule has 1 rings (SSSR count). The van der Waals surface area contributed by atoms with Crippen LogP contribution in [-0.2, 0) is 9.53 Å². The summed E-state index contributed by atoms with van der Waals surface area (Å²) in [7, 11) is 0. The lowest BCUT2D eigenvalue weighted by Crippen LogP contribution is -2.48. The maximum Gasteiger partial charge on any atom is 0.410 e. The highest BCUT2D eigenvalue weighted by atomic mass is 16.6. The molecule has 0 aromatic heterocycles. The number of carboxylic acid groups (broad SMARTS) is 1. The third-order valence-corrected chi connectivity index (χ3v) is 2.96. The zero-order valence-corrected chi connectivity index (χ0v) is 11.2. The predicted molar refractivity (Wildman–Crippen MR) is 66.2 cm³/mol. The maximum absolute atomic E-state index is 11.9. The van der Waals surface area contributed by atoms with Gasteiger partial charge in [-0.1, -0.05) is 0 Å². The van der Waals surface area contributed by atoms with Crippen LogP contribution in [0.5, 0.6) is 0 Å². The standard InChI is InChI=1S/C12H22N2O4/c1-11(2,3)18-10(17)14-7-4-5-12(13,6-8-14)9(15)16/h4-8,13H2,1-3H3,(H,15,16). The number of hydrogen-bond donors (Lipinski definition) is 2. The number of nitrogens with zero attached hydrogens (tertiary/aromatic N) is 1. The van der Waals surface area contributed by atoms with Crippen LogP contribution in [0.4, 0.5) is 4.79 Å². The van der Waals surface area contributed by atoms with Crippen LogP contribution in [0, 0.1) is 0 Å². The van der Waals surface area contributed by atoms with Crippen molar-refractivity contribution in [1.29, 1.82) is 0 Å². The summed E-state index contributed by atoms with van der Waals surface area (Å²) in [4.78, 5) is 24.5. The van der Waals surface area contributed by atoms with Crippen molar-refractivity contribution in [3.8, 4) is 0 Å². The molecule has 1 atom stereocenters. The van der Waals surface area contributed by atoms with Crippen molar-refractivity contribution in [1.82, 2.24) is 4.90 Å². The van der Waals surface area contributed by atoms with Gasteiger partial charge in [0.25, 0.3) is 0 Å². The molecule has 104 valence electrons. The smallest absolute Gasteiger partial charge is 0.410 e. The molecule has 1 heterocycles. The third kappa shape index (κ3) is 3.87. The first-order valence-corrected chi connectivity index (χ1v) is 6.14. The van der Waals surface area contributed by atoms with Crippen molar-refractivity contribution in [3.05, 3.63) is 0 Å². The van der Waals surface area contributed by atoms with Crippen LogP contribution in [0.1, 0.15) is 40.0 Å². The largest absolute Gasteiger partial charge is 0.480 e. The molecule has 1 fully saturated rings. The topological polar surface area (TPSA) is 92.9 Å². The van der Waals surface area contributed by atoms with E-state index in [4.69, 9.17) is 15.6 Å². The Morgan fingerprint density at radius 3 is 2.39 bits per heavy atom. The molecule has 0 aromatic carbocycles. The number of amides is 1. The van der Waals surface area contributed by atoms with E-state index in [-0.39, 0.29) is 6.42 Å². The molecule has 3 N–H and O–H groups in total. The van der Waals surface area contributed by atoms with E-state index in [1.54, 1.807) is 20.8 Å². The van der Waals surface area contributed by atoms with Crippen LogP contribution in [0.3, 0.4) is 0 Å². The fraction of sp³-hybridized carbons (Fsp3) is 0.833. The van der Waals surface area contributed by atoms with E-state index < -0.39 is 23.2 Å². The molecule has 1 aliphatic heterocycles. The van der Waals surface area contributed by atoms with Gasteiger partial charge in [-0.25, -0.2) is 4.79 Å². The highest BCUT2D eigenvalue weighted by Crippen LogP contribution is 2.21. The van der Waals surface area contributed by atoms with Crippen molar-refractivity contribution in [2.75, 3.05) is 13.1 Å². The number of rotatable bonds is 1. The minimum absolute atomic E-state index is 0.252. The number of likely N-dealkylation sites (tertiary alicyclic amines) is 1. The molecule has 0 spiro atoms. The number of aliphatic carboxylic acids is 1. The minimum atomic E-state index is -1.23. The van der Waals surface area contributed by atoms with Crippen LogP contribution >= 0.6 is 0 Å². The third-order valence-electron chi connectivity index (χ3n) is 2.96. The van der Waals surface area contributed by atoms with Crippen molar-refractivity contribution < 1.29 is 19.4 Å². The van der Waals surface area contributed by atoms with E-state index in [2.05, 4.69) is 0 Å². The summed E-state index contributed by atoms with van der Waals surface area (Å²) >= 11 is 0. The molecule has 1 unspecified atom stereocenters. The van der Waals surface area contributed by atoms with E-state index in [1.807, 2.05) is 0 Å². The molecular weight excluding hydrogens is 236 g/mol.